The number of anilines is 1. The van der Waals surface area contributed by atoms with Crippen LogP contribution in [-0.4, -0.2) is 29.9 Å². The topological polar surface area (TPSA) is 96.3 Å². The Morgan fingerprint density at radius 2 is 1.68 bits per heavy atom. The van der Waals surface area contributed by atoms with Gasteiger partial charge in [-0.15, -0.1) is 4.91 Å². The van der Waals surface area contributed by atoms with Crippen LogP contribution in [-0.2, 0) is 4.79 Å². The Bertz CT molecular complexity index is 1270. The number of ether oxygens (including phenoxy) is 1. The van der Waals surface area contributed by atoms with Crippen LogP contribution in [0, 0.1) is 10.8 Å². The molecule has 2 aromatic carbocycles. The largest absolute Gasteiger partial charge is 0.503 e. The van der Waals surface area contributed by atoms with Crippen LogP contribution in [0.15, 0.2) is 95.9 Å². The Kier molecular flexibility index (Phi) is 8.13. The summed E-state index contributed by atoms with van der Waals surface area (Å²) in [4.78, 5) is 39.9. The van der Waals surface area contributed by atoms with Gasteiger partial charge in [0.2, 0.25) is 0 Å². The zero-order valence-electron chi connectivity index (χ0n) is 20.8. The first-order valence-electron chi connectivity index (χ1n) is 12.4. The van der Waals surface area contributed by atoms with Crippen LogP contribution in [0.3, 0.4) is 0 Å². The van der Waals surface area contributed by atoms with Crippen molar-refractivity contribution in [3.8, 4) is 5.75 Å². The average molecular weight is 499 g/mol. The molecule has 37 heavy (non-hydrogen) atoms. The van der Waals surface area contributed by atoms with E-state index in [1.54, 1.807) is 79.9 Å². The van der Waals surface area contributed by atoms with E-state index in [-0.39, 0.29) is 23.0 Å². The third kappa shape index (κ3) is 5.31. The van der Waals surface area contributed by atoms with E-state index in [0.29, 0.717) is 22.6 Å². The summed E-state index contributed by atoms with van der Waals surface area (Å²) >= 11 is 0. The maximum atomic E-state index is 13.6. The number of methoxy groups -OCH3 is 1. The molecule has 0 bridgehead atoms. The summed E-state index contributed by atoms with van der Waals surface area (Å²) < 4.78 is 5.19. The lowest BCUT2D eigenvalue weighted by molar-refractivity contribution is -0.117. The Morgan fingerprint density at radius 1 is 1.03 bits per heavy atom. The summed E-state index contributed by atoms with van der Waals surface area (Å²) in [6.45, 7) is 3.60. The van der Waals surface area contributed by atoms with Gasteiger partial charge in [0.05, 0.1) is 18.7 Å². The Hall–Kier alpha value is -4.26. The van der Waals surface area contributed by atoms with E-state index in [2.05, 4.69) is 11.8 Å². The van der Waals surface area contributed by atoms with Crippen molar-refractivity contribution in [1.29, 1.82) is 0 Å². The third-order valence-corrected chi connectivity index (χ3v) is 6.98. The molecule has 190 valence electrons. The second-order valence-corrected chi connectivity index (χ2v) is 9.15. The maximum Gasteiger partial charge on any atom is 0.294 e. The molecule has 7 heteroatoms. The average Bonchev–Trinajstić information content (AvgIpc) is 3.21. The normalized spacial score (nSPS) is 18.9. The Labute approximate surface area is 216 Å². The van der Waals surface area contributed by atoms with Crippen molar-refractivity contribution in [2.75, 3.05) is 12.0 Å². The van der Waals surface area contributed by atoms with Gasteiger partial charge in [0.25, 0.3) is 5.91 Å². The predicted octanol–water partition coefficient (Wildman–Crippen LogP) is 6.54. The lowest BCUT2D eigenvalue weighted by Gasteiger charge is -2.35. The van der Waals surface area contributed by atoms with Crippen molar-refractivity contribution in [2.45, 2.75) is 38.1 Å². The molecule has 1 aliphatic heterocycles. The molecule has 0 radical (unpaired) electrons. The highest BCUT2D eigenvalue weighted by atomic mass is 16.5. The minimum atomic E-state index is -0.599. The van der Waals surface area contributed by atoms with Crippen molar-refractivity contribution in [1.82, 2.24) is 0 Å². The summed E-state index contributed by atoms with van der Waals surface area (Å²) in [6, 6.07) is 12.9. The smallest absolute Gasteiger partial charge is 0.294 e. The fourth-order valence-electron chi connectivity index (χ4n) is 5.14. The van der Waals surface area contributed by atoms with Gasteiger partial charge >= 0.3 is 0 Å². The molecule has 7 nitrogen and oxygen atoms in total. The standard InChI is InChI=1S/C30H30N2O5/c1-3-4-6-11-25(31-36)20-12-16-23(17-13-20)32-27(21-9-7-5-8-10-21)26(29(34)30(32)35)28(33)22-14-18-24(37-2)19-15-22/h3-4,6,11-19,21,27,34H,1,5,7-10H2,2H3/b6-4-,25-11-. The van der Waals surface area contributed by atoms with Crippen LogP contribution in [0.2, 0.25) is 0 Å². The van der Waals surface area contributed by atoms with E-state index >= 15 is 0 Å². The van der Waals surface area contributed by atoms with Gasteiger partial charge in [-0.05, 0) is 66.4 Å². The van der Waals surface area contributed by atoms with Gasteiger partial charge in [-0.1, -0.05) is 56.2 Å². The number of carbonyl (C=O) groups excluding carboxylic acids is 2. The number of Topliss-reactive ketones (excluding diaryl/α,β-unsaturated/α-hetero) is 1. The quantitative estimate of drug-likeness (QED) is 0.241. The van der Waals surface area contributed by atoms with Gasteiger partial charge < -0.3 is 9.84 Å². The highest BCUT2D eigenvalue weighted by Gasteiger charge is 2.47. The SMILES string of the molecule is C=C/C=C\C=C(/N=O)c1ccc(N2C(=O)C(O)=C(C(=O)c3ccc(OC)cc3)C2C2CCCCC2)cc1. The summed E-state index contributed by atoms with van der Waals surface area (Å²) in [5.41, 5.74) is 1.88. The van der Waals surface area contributed by atoms with Crippen LogP contribution < -0.4 is 9.64 Å². The number of rotatable bonds is 9. The van der Waals surface area contributed by atoms with E-state index in [1.165, 1.54) is 4.90 Å². The molecular formula is C30H30N2O5. The van der Waals surface area contributed by atoms with Gasteiger partial charge in [0.1, 0.15) is 11.4 Å². The number of aliphatic hydroxyl groups excluding tert-OH is 1. The summed E-state index contributed by atoms with van der Waals surface area (Å²) in [5, 5.41) is 14.1. The highest BCUT2D eigenvalue weighted by molar-refractivity contribution is 6.20. The summed E-state index contributed by atoms with van der Waals surface area (Å²) in [6.07, 6.45) is 11.4. The number of hydrogen-bond acceptors (Lipinski definition) is 6. The first-order chi connectivity index (χ1) is 18.0. The molecule has 2 aromatic rings. The zero-order valence-corrected chi connectivity index (χ0v) is 20.8. The number of nitroso groups, excluding NO2 is 1. The summed E-state index contributed by atoms with van der Waals surface area (Å²) in [7, 11) is 1.55. The fourth-order valence-corrected chi connectivity index (χ4v) is 5.14. The van der Waals surface area contributed by atoms with Crippen LogP contribution in [0.25, 0.3) is 5.70 Å². The number of ketones is 1. The second-order valence-electron chi connectivity index (χ2n) is 9.15. The van der Waals surface area contributed by atoms with E-state index in [0.717, 1.165) is 32.1 Å². The minimum Gasteiger partial charge on any atom is -0.503 e. The van der Waals surface area contributed by atoms with Gasteiger partial charge in [0.15, 0.2) is 11.5 Å². The molecule has 1 heterocycles. The Morgan fingerprint density at radius 3 is 2.27 bits per heavy atom. The molecule has 2 aliphatic rings. The van der Waals surface area contributed by atoms with Gasteiger partial charge in [0, 0.05) is 16.8 Å². The number of benzene rings is 2. The summed E-state index contributed by atoms with van der Waals surface area (Å²) in [5.74, 6) is -0.826. The van der Waals surface area contributed by atoms with Crippen LogP contribution in [0.5, 0.6) is 5.75 Å². The van der Waals surface area contributed by atoms with E-state index in [9.17, 15) is 19.6 Å². The van der Waals surface area contributed by atoms with Crippen LogP contribution in [0.4, 0.5) is 5.69 Å². The van der Waals surface area contributed by atoms with Crippen molar-refractivity contribution < 1.29 is 19.4 Å². The molecule has 1 aliphatic carbocycles. The van der Waals surface area contributed by atoms with E-state index < -0.39 is 17.7 Å². The van der Waals surface area contributed by atoms with Crippen molar-refractivity contribution in [3.63, 3.8) is 0 Å². The molecule has 0 saturated heterocycles. The molecule has 1 N–H and O–H groups in total. The number of nitrogens with zero attached hydrogens (tertiary/aromatic N) is 2. The fraction of sp³-hybridized carbons (Fsp3) is 0.267. The monoisotopic (exact) mass is 498 g/mol. The molecule has 4 rings (SSSR count). The van der Waals surface area contributed by atoms with Crippen molar-refractivity contribution in [3.05, 3.63) is 107 Å². The van der Waals surface area contributed by atoms with Crippen molar-refractivity contribution in [2.24, 2.45) is 11.1 Å². The third-order valence-electron chi connectivity index (χ3n) is 6.98. The number of carbonyl (C=O) groups is 2. The number of hydrogen-bond donors (Lipinski definition) is 1. The van der Waals surface area contributed by atoms with Crippen LogP contribution >= 0.6 is 0 Å². The first kappa shape index (κ1) is 25.8. The molecule has 0 spiro atoms. The minimum absolute atomic E-state index is 0.0374. The molecular weight excluding hydrogens is 468 g/mol. The lowest BCUT2D eigenvalue weighted by atomic mass is 9.79. The number of aliphatic hydroxyl groups is 1. The van der Waals surface area contributed by atoms with E-state index in [4.69, 9.17) is 4.74 Å². The van der Waals surface area contributed by atoms with Gasteiger partial charge in [-0.2, -0.15) is 0 Å². The molecule has 1 amide bonds. The number of allylic oxidation sites excluding steroid dienone is 4. The van der Waals surface area contributed by atoms with Crippen LogP contribution in [0.1, 0.15) is 48.0 Å². The van der Waals surface area contributed by atoms with Gasteiger partial charge in [-0.3, -0.25) is 14.5 Å². The molecule has 1 atom stereocenters. The van der Waals surface area contributed by atoms with Gasteiger partial charge in [-0.25, -0.2) is 0 Å². The second kappa shape index (κ2) is 11.6. The van der Waals surface area contributed by atoms with Crippen molar-refractivity contribution >= 4 is 23.1 Å². The molecule has 1 saturated carbocycles. The van der Waals surface area contributed by atoms with E-state index in [1.807, 2.05) is 0 Å². The highest BCUT2D eigenvalue weighted by Crippen LogP contribution is 2.41. The first-order valence-corrected chi connectivity index (χ1v) is 12.4. The number of amides is 1. The Balaban J connectivity index is 1.71. The molecule has 1 fully saturated rings. The molecule has 0 aromatic heterocycles. The lowest BCUT2D eigenvalue weighted by Crippen LogP contribution is -2.42. The maximum absolute atomic E-state index is 13.6. The predicted molar refractivity (Wildman–Crippen MR) is 144 cm³/mol. The zero-order chi connectivity index (χ0) is 26.4. The molecule has 1 unspecified atom stereocenters.